The van der Waals surface area contributed by atoms with Crippen molar-refractivity contribution in [1.29, 1.82) is 0 Å². The first-order valence-electron chi connectivity index (χ1n) is 10.4. The Morgan fingerprint density at radius 3 is 2.58 bits per heavy atom. The van der Waals surface area contributed by atoms with E-state index in [4.69, 9.17) is 27.9 Å². The summed E-state index contributed by atoms with van der Waals surface area (Å²) >= 11 is 12.0. The van der Waals surface area contributed by atoms with E-state index in [9.17, 15) is 9.59 Å². The normalized spacial score (nSPS) is 10.8. The lowest BCUT2D eigenvalue weighted by Crippen LogP contribution is -2.21. The van der Waals surface area contributed by atoms with E-state index >= 15 is 0 Å². The van der Waals surface area contributed by atoms with Gasteiger partial charge in [-0.3, -0.25) is 14.7 Å². The summed E-state index contributed by atoms with van der Waals surface area (Å²) in [7, 11) is 0. The van der Waals surface area contributed by atoms with Crippen LogP contribution in [0.4, 0.5) is 10.5 Å². The number of amides is 1. The third kappa shape index (κ3) is 5.92. The second kappa shape index (κ2) is 10.5. The zero-order valence-electron chi connectivity index (χ0n) is 17.6. The van der Waals surface area contributed by atoms with E-state index in [0.29, 0.717) is 33.2 Å². The van der Waals surface area contributed by atoms with Crippen LogP contribution in [0, 0.1) is 0 Å². The molecule has 0 spiro atoms. The Morgan fingerprint density at radius 1 is 0.970 bits per heavy atom. The van der Waals surface area contributed by atoms with E-state index in [-0.39, 0.29) is 12.2 Å². The highest BCUT2D eigenvalue weighted by atomic mass is 35.5. The molecule has 3 aromatic carbocycles. The molecule has 8 heteroatoms. The van der Waals surface area contributed by atoms with E-state index in [1.807, 2.05) is 42.5 Å². The topological polar surface area (TPSA) is 73.2 Å². The molecule has 33 heavy (non-hydrogen) atoms. The Morgan fingerprint density at radius 2 is 1.79 bits per heavy atom. The van der Waals surface area contributed by atoms with E-state index < -0.39 is 6.09 Å². The Hall–Kier alpha value is -3.35. The van der Waals surface area contributed by atoms with Gasteiger partial charge in [-0.25, -0.2) is 9.78 Å². The van der Waals surface area contributed by atoms with E-state index in [0.717, 1.165) is 24.0 Å². The summed E-state index contributed by atoms with van der Waals surface area (Å²) in [6, 6.07) is 19.9. The largest absolute Gasteiger partial charge is 0.444 e. The highest BCUT2D eigenvalue weighted by Gasteiger charge is 2.09. The first-order valence-corrected chi connectivity index (χ1v) is 11.2. The number of fused-ring (bicyclic) bond motifs is 1. The van der Waals surface area contributed by atoms with Crippen molar-refractivity contribution in [3.63, 3.8) is 0 Å². The van der Waals surface area contributed by atoms with Crippen molar-refractivity contribution < 1.29 is 9.53 Å². The van der Waals surface area contributed by atoms with E-state index in [1.165, 1.54) is 0 Å². The number of anilines is 1. The van der Waals surface area contributed by atoms with Gasteiger partial charge in [-0.15, -0.1) is 0 Å². The average Bonchev–Trinajstić information content (AvgIpc) is 2.82. The number of aryl methyl sites for hydroxylation is 2. The van der Waals surface area contributed by atoms with E-state index in [2.05, 4.69) is 10.3 Å². The molecular formula is C25H21Cl2N3O3. The summed E-state index contributed by atoms with van der Waals surface area (Å²) in [6.45, 7) is 0.659. The molecule has 0 aliphatic rings. The summed E-state index contributed by atoms with van der Waals surface area (Å²) in [5.74, 6) is 0. The lowest BCUT2D eigenvalue weighted by molar-refractivity contribution is 0.155. The molecule has 1 N–H and O–H groups in total. The molecule has 0 fully saturated rings. The number of carbonyl (C=O) groups excluding carboxylic acids is 1. The summed E-state index contributed by atoms with van der Waals surface area (Å²) < 4.78 is 6.81. The third-order valence-corrected chi connectivity index (χ3v) is 5.87. The lowest BCUT2D eigenvalue weighted by Gasteiger charge is -2.10. The number of hydrogen-bond acceptors (Lipinski definition) is 4. The highest BCUT2D eigenvalue weighted by Crippen LogP contribution is 2.23. The number of nitrogens with zero attached hydrogens (tertiary/aromatic N) is 2. The third-order valence-electron chi connectivity index (χ3n) is 5.13. The maximum Gasteiger partial charge on any atom is 0.411 e. The fourth-order valence-electron chi connectivity index (χ4n) is 3.42. The molecule has 1 aromatic heterocycles. The molecule has 4 aromatic rings. The Kier molecular flexibility index (Phi) is 7.27. The number of carbonyl (C=O) groups is 1. The van der Waals surface area contributed by atoms with Crippen molar-refractivity contribution in [2.24, 2.45) is 0 Å². The molecule has 0 radical (unpaired) electrons. The minimum Gasteiger partial charge on any atom is -0.444 e. The van der Waals surface area contributed by atoms with Gasteiger partial charge in [-0.2, -0.15) is 0 Å². The van der Waals surface area contributed by atoms with Crippen LogP contribution in [0.3, 0.4) is 0 Å². The van der Waals surface area contributed by atoms with Crippen molar-refractivity contribution in [1.82, 2.24) is 9.55 Å². The summed E-state index contributed by atoms with van der Waals surface area (Å²) in [6.07, 6.45) is 2.43. The van der Waals surface area contributed by atoms with Crippen LogP contribution in [-0.2, 0) is 24.3 Å². The average molecular weight is 482 g/mol. The first kappa shape index (κ1) is 22.8. The summed E-state index contributed by atoms with van der Waals surface area (Å²) in [5.41, 5.74) is 2.79. The van der Waals surface area contributed by atoms with Crippen molar-refractivity contribution in [3.8, 4) is 0 Å². The molecule has 0 saturated carbocycles. The molecule has 0 unspecified atom stereocenters. The van der Waals surface area contributed by atoms with Crippen LogP contribution in [0.15, 0.2) is 77.9 Å². The minimum atomic E-state index is -0.593. The molecule has 0 aliphatic heterocycles. The van der Waals surface area contributed by atoms with Crippen LogP contribution < -0.4 is 10.9 Å². The van der Waals surface area contributed by atoms with Gasteiger partial charge in [0, 0.05) is 12.2 Å². The smallest absolute Gasteiger partial charge is 0.411 e. The van der Waals surface area contributed by atoms with Crippen LogP contribution in [0.25, 0.3) is 10.9 Å². The maximum atomic E-state index is 13.0. The molecule has 6 nitrogen and oxygen atoms in total. The molecule has 0 aliphatic carbocycles. The van der Waals surface area contributed by atoms with E-state index in [1.54, 1.807) is 35.2 Å². The summed E-state index contributed by atoms with van der Waals surface area (Å²) in [5, 5.41) is 4.12. The molecule has 1 amide bonds. The second-order valence-corrected chi connectivity index (χ2v) is 8.33. The Labute approximate surface area is 200 Å². The quantitative estimate of drug-likeness (QED) is 0.346. The molecule has 0 bridgehead atoms. The molecule has 0 atom stereocenters. The number of nitrogens with one attached hydrogen (secondary N) is 1. The molecular weight excluding hydrogens is 461 g/mol. The zero-order chi connectivity index (χ0) is 23.2. The van der Waals surface area contributed by atoms with Crippen molar-refractivity contribution in [2.75, 3.05) is 5.32 Å². The maximum absolute atomic E-state index is 13.0. The SMILES string of the molecule is O=C(Nc1ccc2ncn(CCCc3ccc(Cl)c(Cl)c3)c(=O)c2c1)OCc1ccccc1. The van der Waals surface area contributed by atoms with Gasteiger partial charge in [0.25, 0.3) is 5.56 Å². The van der Waals surface area contributed by atoms with Crippen LogP contribution in [0.2, 0.25) is 10.0 Å². The van der Waals surface area contributed by atoms with Crippen LogP contribution in [0.1, 0.15) is 17.5 Å². The number of rotatable bonds is 7. The van der Waals surface area contributed by atoms with Gasteiger partial charge in [0.1, 0.15) is 6.61 Å². The number of hydrogen-bond donors (Lipinski definition) is 1. The second-order valence-electron chi connectivity index (χ2n) is 7.51. The number of benzene rings is 3. The molecule has 4 rings (SSSR count). The first-order chi connectivity index (χ1) is 16.0. The van der Waals surface area contributed by atoms with Crippen LogP contribution >= 0.6 is 23.2 Å². The predicted octanol–water partition coefficient (Wildman–Crippen LogP) is 6.08. The number of halogens is 2. The monoisotopic (exact) mass is 481 g/mol. The van der Waals surface area contributed by atoms with Gasteiger partial charge in [0.2, 0.25) is 0 Å². The van der Waals surface area contributed by atoms with Crippen molar-refractivity contribution >= 4 is 45.9 Å². The molecule has 168 valence electrons. The standard InChI is InChI=1S/C25H21Cl2N3O3/c26-21-10-8-17(13-22(21)27)7-4-12-30-16-28-23-11-9-19(14-20(23)24(30)31)29-25(32)33-15-18-5-2-1-3-6-18/h1-3,5-6,8-11,13-14,16H,4,7,12,15H2,(H,29,32). The van der Waals surface area contributed by atoms with Crippen molar-refractivity contribution in [2.45, 2.75) is 26.0 Å². The Bertz CT molecular complexity index is 1340. The van der Waals surface area contributed by atoms with Gasteiger partial charge >= 0.3 is 6.09 Å². The van der Waals surface area contributed by atoms with Gasteiger partial charge in [0.15, 0.2) is 0 Å². The number of aromatic nitrogens is 2. The van der Waals surface area contributed by atoms with Crippen LogP contribution in [-0.4, -0.2) is 15.6 Å². The predicted molar refractivity (Wildman–Crippen MR) is 131 cm³/mol. The fourth-order valence-corrected chi connectivity index (χ4v) is 3.74. The van der Waals surface area contributed by atoms with Crippen molar-refractivity contribution in [3.05, 3.63) is 105 Å². The number of ether oxygens (including phenoxy) is 1. The van der Waals surface area contributed by atoms with Gasteiger partial charge in [-0.1, -0.05) is 59.6 Å². The van der Waals surface area contributed by atoms with Gasteiger partial charge in [-0.05, 0) is 54.3 Å². The van der Waals surface area contributed by atoms with Gasteiger partial charge < -0.3 is 4.74 Å². The fraction of sp³-hybridized carbons (Fsp3) is 0.160. The highest BCUT2D eigenvalue weighted by molar-refractivity contribution is 6.42. The lowest BCUT2D eigenvalue weighted by atomic mass is 10.1. The Balaban J connectivity index is 1.41. The van der Waals surface area contributed by atoms with Gasteiger partial charge in [0.05, 0.1) is 27.3 Å². The zero-order valence-corrected chi connectivity index (χ0v) is 19.1. The van der Waals surface area contributed by atoms with Crippen LogP contribution in [0.5, 0.6) is 0 Å². The minimum absolute atomic E-state index is 0.160. The molecule has 0 saturated heterocycles. The molecule has 1 heterocycles. The summed E-state index contributed by atoms with van der Waals surface area (Å²) in [4.78, 5) is 29.5.